The zero-order valence-electron chi connectivity index (χ0n) is 12.6. The Morgan fingerprint density at radius 2 is 2.10 bits per heavy atom. The predicted octanol–water partition coefficient (Wildman–Crippen LogP) is 4.60. The zero-order valence-corrected chi connectivity index (χ0v) is 13.4. The van der Waals surface area contributed by atoms with E-state index in [9.17, 15) is 0 Å². The van der Waals surface area contributed by atoms with Crippen molar-refractivity contribution in [3.63, 3.8) is 0 Å². The Kier molecular flexibility index (Phi) is 3.64. The summed E-state index contributed by atoms with van der Waals surface area (Å²) in [6.45, 7) is 6.38. The molecule has 3 nitrogen and oxygen atoms in total. The van der Waals surface area contributed by atoms with Crippen molar-refractivity contribution >= 4 is 22.2 Å². The quantitative estimate of drug-likeness (QED) is 0.708. The van der Waals surface area contributed by atoms with Gasteiger partial charge in [0.15, 0.2) is 0 Å². The normalized spacial score (nSPS) is 11.3. The van der Waals surface area contributed by atoms with E-state index in [1.54, 1.807) is 18.4 Å². The van der Waals surface area contributed by atoms with Crippen LogP contribution in [0.2, 0.25) is 0 Å². The highest BCUT2D eigenvalue weighted by Crippen LogP contribution is 2.35. The second kappa shape index (κ2) is 5.45. The zero-order chi connectivity index (χ0) is 15.0. The van der Waals surface area contributed by atoms with Crippen molar-refractivity contribution < 1.29 is 4.74 Å². The first-order valence-electron chi connectivity index (χ1n) is 6.92. The molecule has 4 heteroatoms. The fraction of sp³-hybridized carbons (Fsp3) is 0.294. The van der Waals surface area contributed by atoms with Crippen molar-refractivity contribution in [2.24, 2.45) is 0 Å². The summed E-state index contributed by atoms with van der Waals surface area (Å²) in [5.41, 5.74) is 4.09. The topological polar surface area (TPSA) is 35.0 Å². The summed E-state index contributed by atoms with van der Waals surface area (Å²) in [4.78, 5) is 9.15. The molecule has 1 aromatic carbocycles. The van der Waals surface area contributed by atoms with Gasteiger partial charge in [-0.1, -0.05) is 19.9 Å². The second-order valence-corrected chi connectivity index (χ2v) is 6.17. The van der Waals surface area contributed by atoms with Gasteiger partial charge < -0.3 is 4.74 Å². The lowest BCUT2D eigenvalue weighted by atomic mass is 10.0. The molecule has 0 aliphatic heterocycles. The summed E-state index contributed by atoms with van der Waals surface area (Å²) in [5, 5.41) is 4.12. The van der Waals surface area contributed by atoms with Crippen LogP contribution in [0, 0.1) is 13.1 Å². The molecular weight excluding hydrogens is 280 g/mol. The van der Waals surface area contributed by atoms with Crippen LogP contribution in [0.25, 0.3) is 21.5 Å². The standard InChI is InChI=1S/C17H17N2OS/c1-10(2)14-9-21-17(19-14)12-8-18-13-6-5-7-15(20-4)16(13)11(12)3/h5-7,9-10H,1-4H3. The lowest BCUT2D eigenvalue weighted by molar-refractivity contribution is 0.419. The smallest absolute Gasteiger partial charge is 0.128 e. The highest BCUT2D eigenvalue weighted by atomic mass is 32.1. The fourth-order valence-electron chi connectivity index (χ4n) is 2.36. The number of aromatic nitrogens is 2. The largest absolute Gasteiger partial charge is 0.496 e. The van der Waals surface area contributed by atoms with Crippen LogP contribution in [0.5, 0.6) is 5.75 Å². The molecule has 0 N–H and O–H groups in total. The van der Waals surface area contributed by atoms with Crippen molar-refractivity contribution in [2.75, 3.05) is 7.11 Å². The third kappa shape index (κ3) is 2.40. The highest BCUT2D eigenvalue weighted by Gasteiger charge is 2.14. The number of hydrogen-bond acceptors (Lipinski definition) is 4. The Hall–Kier alpha value is -1.94. The molecule has 0 spiro atoms. The molecule has 0 fully saturated rings. The fourth-order valence-corrected chi connectivity index (χ4v) is 3.39. The number of thiazole rings is 1. The van der Waals surface area contributed by atoms with Gasteiger partial charge in [0, 0.05) is 16.3 Å². The van der Waals surface area contributed by atoms with Crippen molar-refractivity contribution in [1.29, 1.82) is 0 Å². The minimum absolute atomic E-state index is 0.429. The molecule has 0 amide bonds. The van der Waals surface area contributed by atoms with Gasteiger partial charge in [0.1, 0.15) is 17.0 Å². The van der Waals surface area contributed by atoms with Crippen molar-refractivity contribution in [1.82, 2.24) is 9.97 Å². The molecule has 21 heavy (non-hydrogen) atoms. The monoisotopic (exact) mass is 297 g/mol. The number of rotatable bonds is 3. The van der Waals surface area contributed by atoms with Gasteiger partial charge in [-0.25, -0.2) is 9.97 Å². The summed E-state index contributed by atoms with van der Waals surface area (Å²) in [7, 11) is 1.69. The summed E-state index contributed by atoms with van der Waals surface area (Å²) in [6.07, 6.45) is 3.14. The third-order valence-corrected chi connectivity index (χ3v) is 4.47. The molecule has 0 saturated carbocycles. The van der Waals surface area contributed by atoms with Crippen LogP contribution in [0.1, 0.15) is 31.0 Å². The number of pyridine rings is 1. The molecule has 1 radical (unpaired) electrons. The number of hydrogen-bond donors (Lipinski definition) is 0. The van der Waals surface area contributed by atoms with Gasteiger partial charge >= 0.3 is 0 Å². The molecule has 0 aliphatic carbocycles. The van der Waals surface area contributed by atoms with E-state index < -0.39 is 0 Å². The third-order valence-electron chi connectivity index (χ3n) is 3.59. The van der Waals surface area contributed by atoms with Gasteiger partial charge in [-0.3, -0.25) is 0 Å². The first-order valence-corrected chi connectivity index (χ1v) is 7.80. The van der Waals surface area contributed by atoms with E-state index in [0.29, 0.717) is 5.92 Å². The number of benzene rings is 1. The lowest BCUT2D eigenvalue weighted by Crippen LogP contribution is -1.93. The minimum Gasteiger partial charge on any atom is -0.496 e. The van der Waals surface area contributed by atoms with Crippen LogP contribution in [0.3, 0.4) is 0 Å². The molecule has 0 saturated heterocycles. The van der Waals surface area contributed by atoms with Gasteiger partial charge in [-0.05, 0) is 30.5 Å². The molecule has 0 atom stereocenters. The van der Waals surface area contributed by atoms with Crippen LogP contribution in [0.4, 0.5) is 0 Å². The molecular formula is C17H17N2OS. The van der Waals surface area contributed by atoms with Crippen LogP contribution in [-0.4, -0.2) is 17.1 Å². The average Bonchev–Trinajstić information content (AvgIpc) is 2.97. The van der Waals surface area contributed by atoms with E-state index in [-0.39, 0.29) is 0 Å². The van der Waals surface area contributed by atoms with Gasteiger partial charge in [-0.15, -0.1) is 11.3 Å². The van der Waals surface area contributed by atoms with E-state index in [2.05, 4.69) is 37.3 Å². The average molecular weight is 297 g/mol. The maximum atomic E-state index is 5.47. The molecule has 0 unspecified atom stereocenters. The molecule has 0 bridgehead atoms. The second-order valence-electron chi connectivity index (χ2n) is 5.31. The van der Waals surface area contributed by atoms with E-state index in [0.717, 1.165) is 38.5 Å². The number of fused-ring (bicyclic) bond motifs is 1. The van der Waals surface area contributed by atoms with E-state index in [1.807, 2.05) is 18.2 Å². The predicted molar refractivity (Wildman–Crippen MR) is 87.1 cm³/mol. The molecule has 0 aliphatic rings. The summed E-state index contributed by atoms with van der Waals surface area (Å²) < 4.78 is 5.47. The van der Waals surface area contributed by atoms with E-state index >= 15 is 0 Å². The Labute approximate surface area is 128 Å². The maximum Gasteiger partial charge on any atom is 0.128 e. The lowest BCUT2D eigenvalue weighted by Gasteiger charge is -2.10. The van der Waals surface area contributed by atoms with Gasteiger partial charge in [-0.2, -0.15) is 0 Å². The first-order chi connectivity index (χ1) is 10.1. The molecule has 2 heterocycles. The van der Waals surface area contributed by atoms with Crippen molar-refractivity contribution in [3.8, 4) is 16.3 Å². The number of ether oxygens (including phenoxy) is 1. The van der Waals surface area contributed by atoms with Gasteiger partial charge in [0.05, 0.1) is 18.3 Å². The van der Waals surface area contributed by atoms with Crippen molar-refractivity contribution in [3.05, 3.63) is 41.0 Å². The Morgan fingerprint density at radius 1 is 1.29 bits per heavy atom. The van der Waals surface area contributed by atoms with E-state index in [4.69, 9.17) is 9.72 Å². The Bertz CT molecular complexity index is 793. The molecule has 3 aromatic rings. The Balaban J connectivity index is 2.21. The van der Waals surface area contributed by atoms with Crippen LogP contribution in [0.15, 0.2) is 23.6 Å². The maximum absolute atomic E-state index is 5.47. The van der Waals surface area contributed by atoms with E-state index in [1.165, 1.54) is 0 Å². The minimum atomic E-state index is 0.429. The van der Waals surface area contributed by atoms with Gasteiger partial charge in [0.2, 0.25) is 0 Å². The molecule has 107 valence electrons. The van der Waals surface area contributed by atoms with Crippen LogP contribution in [-0.2, 0) is 0 Å². The first kappa shape index (κ1) is 14.0. The number of nitrogens with zero attached hydrogens (tertiary/aromatic N) is 2. The van der Waals surface area contributed by atoms with Crippen LogP contribution >= 0.6 is 11.3 Å². The number of aryl methyl sites for hydroxylation is 1. The van der Waals surface area contributed by atoms with Gasteiger partial charge in [0.25, 0.3) is 0 Å². The molecule has 2 aromatic heterocycles. The SMILES string of the molecule is COc1cccc2n[c]c(-c3nc(C(C)C)cs3)c(C)c12. The van der Waals surface area contributed by atoms with Crippen LogP contribution < -0.4 is 4.74 Å². The molecule has 3 rings (SSSR count). The number of methoxy groups -OCH3 is 1. The summed E-state index contributed by atoms with van der Waals surface area (Å²) >= 11 is 1.64. The van der Waals surface area contributed by atoms with Crippen molar-refractivity contribution in [2.45, 2.75) is 26.7 Å². The Morgan fingerprint density at radius 3 is 2.76 bits per heavy atom. The summed E-state index contributed by atoms with van der Waals surface area (Å²) in [6, 6.07) is 5.89. The summed E-state index contributed by atoms with van der Waals surface area (Å²) in [5.74, 6) is 1.27. The highest BCUT2D eigenvalue weighted by molar-refractivity contribution is 7.13.